The quantitative estimate of drug-likeness (QED) is 0.636. The second-order valence-corrected chi connectivity index (χ2v) is 2.63. The van der Waals surface area contributed by atoms with Gasteiger partial charge in [0.15, 0.2) is 0 Å². The van der Waals surface area contributed by atoms with Crippen LogP contribution in [-0.4, -0.2) is 9.61 Å². The molecule has 0 saturated carbocycles. The van der Waals surface area contributed by atoms with Gasteiger partial charge >= 0.3 is 0 Å². The number of aromatic nitrogens is 2. The highest BCUT2D eigenvalue weighted by Gasteiger charge is 2.02. The Hall–Kier alpha value is -1.82. The van der Waals surface area contributed by atoms with Crippen LogP contribution in [0.5, 0.6) is 0 Å². The summed E-state index contributed by atoms with van der Waals surface area (Å²) in [6.45, 7) is 5.93. The van der Waals surface area contributed by atoms with Gasteiger partial charge in [-0.2, -0.15) is 10.4 Å². The molecule has 2 aromatic rings. The molecule has 0 aromatic carbocycles. The molecule has 0 aliphatic carbocycles. The van der Waals surface area contributed by atoms with Crippen molar-refractivity contribution in [1.29, 1.82) is 5.26 Å². The van der Waals surface area contributed by atoms with Crippen LogP contribution in [0.1, 0.15) is 25.0 Å². The van der Waals surface area contributed by atoms with Gasteiger partial charge in [-0.3, -0.25) is 0 Å². The molecule has 0 unspecified atom stereocenters. The van der Waals surface area contributed by atoms with Gasteiger partial charge in [0, 0.05) is 6.20 Å². The normalized spacial score (nSPS) is 9.00. The van der Waals surface area contributed by atoms with Gasteiger partial charge in [0.2, 0.25) is 0 Å². The zero-order chi connectivity index (χ0) is 10.6. The number of rotatable bonds is 0. The van der Waals surface area contributed by atoms with Crippen LogP contribution in [0.15, 0.2) is 24.5 Å². The molecule has 0 aliphatic heterocycles. The number of hydrogen-bond donors (Lipinski definition) is 0. The Morgan fingerprint density at radius 2 is 2.14 bits per heavy atom. The molecule has 0 aliphatic rings. The van der Waals surface area contributed by atoms with Crippen LogP contribution in [0.4, 0.5) is 0 Å². The minimum absolute atomic E-state index is 0.640. The number of fused-ring (bicyclic) bond motifs is 1. The summed E-state index contributed by atoms with van der Waals surface area (Å²) in [5.74, 6) is 0. The zero-order valence-electron chi connectivity index (χ0n) is 8.65. The molecule has 2 rings (SSSR count). The Morgan fingerprint density at radius 1 is 1.43 bits per heavy atom. The van der Waals surface area contributed by atoms with E-state index >= 15 is 0 Å². The van der Waals surface area contributed by atoms with Gasteiger partial charge in [-0.1, -0.05) is 13.8 Å². The molecule has 2 aromatic heterocycles. The Balaban J connectivity index is 0.000000461. The van der Waals surface area contributed by atoms with E-state index in [4.69, 9.17) is 5.26 Å². The van der Waals surface area contributed by atoms with Crippen molar-refractivity contribution >= 4 is 5.52 Å². The highest BCUT2D eigenvalue weighted by molar-refractivity contribution is 5.58. The van der Waals surface area contributed by atoms with Gasteiger partial charge in [-0.25, -0.2) is 4.52 Å². The summed E-state index contributed by atoms with van der Waals surface area (Å²) >= 11 is 0. The SMILES string of the molecule is CC.Cc1c(C#N)cnn2cccc12. The largest absolute Gasteiger partial charge is 0.241 e. The van der Waals surface area contributed by atoms with Crippen LogP contribution < -0.4 is 0 Å². The fraction of sp³-hybridized carbons (Fsp3) is 0.273. The summed E-state index contributed by atoms with van der Waals surface area (Å²) in [5, 5.41) is 12.8. The molecule has 2 heterocycles. The Kier molecular flexibility index (Phi) is 3.24. The van der Waals surface area contributed by atoms with Crippen LogP contribution in [0.25, 0.3) is 5.52 Å². The highest BCUT2D eigenvalue weighted by atomic mass is 15.2. The summed E-state index contributed by atoms with van der Waals surface area (Å²) in [5.41, 5.74) is 2.62. The molecule has 0 N–H and O–H groups in total. The third-order valence-electron chi connectivity index (χ3n) is 1.95. The molecule has 3 heteroatoms. The smallest absolute Gasteiger partial charge is 0.101 e. The van der Waals surface area contributed by atoms with Crippen LogP contribution >= 0.6 is 0 Å². The van der Waals surface area contributed by atoms with E-state index in [9.17, 15) is 0 Å². The van der Waals surface area contributed by atoms with Gasteiger partial charge in [0.05, 0.1) is 17.3 Å². The lowest BCUT2D eigenvalue weighted by Crippen LogP contribution is -1.94. The lowest BCUT2D eigenvalue weighted by atomic mass is 10.2. The van der Waals surface area contributed by atoms with E-state index in [1.165, 1.54) is 0 Å². The highest BCUT2D eigenvalue weighted by Crippen LogP contribution is 2.12. The maximum Gasteiger partial charge on any atom is 0.101 e. The second kappa shape index (κ2) is 4.43. The van der Waals surface area contributed by atoms with Crippen molar-refractivity contribution in [1.82, 2.24) is 9.61 Å². The maximum atomic E-state index is 8.72. The van der Waals surface area contributed by atoms with Crippen LogP contribution in [-0.2, 0) is 0 Å². The molecule has 3 nitrogen and oxygen atoms in total. The molecule has 14 heavy (non-hydrogen) atoms. The molecule has 0 saturated heterocycles. The van der Waals surface area contributed by atoms with Crippen molar-refractivity contribution in [2.75, 3.05) is 0 Å². The minimum Gasteiger partial charge on any atom is -0.241 e. The van der Waals surface area contributed by atoms with Crippen molar-refractivity contribution < 1.29 is 0 Å². The van der Waals surface area contributed by atoms with E-state index in [2.05, 4.69) is 11.2 Å². The van der Waals surface area contributed by atoms with E-state index in [0.717, 1.165) is 11.1 Å². The van der Waals surface area contributed by atoms with Gasteiger partial charge in [0.25, 0.3) is 0 Å². The predicted octanol–water partition coefficient (Wildman–Crippen LogP) is 2.54. The average Bonchev–Trinajstić information content (AvgIpc) is 2.70. The Bertz CT molecular complexity index is 463. The molecular formula is C11H13N3. The zero-order valence-corrected chi connectivity index (χ0v) is 8.65. The Morgan fingerprint density at radius 3 is 2.79 bits per heavy atom. The molecular weight excluding hydrogens is 174 g/mol. The van der Waals surface area contributed by atoms with E-state index in [0.29, 0.717) is 5.56 Å². The van der Waals surface area contributed by atoms with Crippen molar-refractivity contribution in [2.24, 2.45) is 0 Å². The molecule has 0 amide bonds. The summed E-state index contributed by atoms with van der Waals surface area (Å²) in [6.07, 6.45) is 3.45. The summed E-state index contributed by atoms with van der Waals surface area (Å²) in [7, 11) is 0. The maximum absolute atomic E-state index is 8.72. The van der Waals surface area contributed by atoms with E-state index in [-0.39, 0.29) is 0 Å². The van der Waals surface area contributed by atoms with Crippen LogP contribution in [0.3, 0.4) is 0 Å². The third kappa shape index (κ3) is 1.60. The lowest BCUT2D eigenvalue weighted by Gasteiger charge is -1.98. The van der Waals surface area contributed by atoms with Crippen molar-refractivity contribution in [3.05, 3.63) is 35.7 Å². The van der Waals surface area contributed by atoms with Crippen LogP contribution in [0.2, 0.25) is 0 Å². The molecule has 0 radical (unpaired) electrons. The van der Waals surface area contributed by atoms with E-state index < -0.39 is 0 Å². The molecule has 0 fully saturated rings. The molecule has 72 valence electrons. The first-order valence-corrected chi connectivity index (χ1v) is 4.66. The third-order valence-corrected chi connectivity index (χ3v) is 1.95. The number of nitrogens with zero attached hydrogens (tertiary/aromatic N) is 3. The van der Waals surface area contributed by atoms with Gasteiger partial charge in [-0.05, 0) is 24.6 Å². The first-order chi connectivity index (χ1) is 6.83. The molecule has 0 atom stereocenters. The molecule has 0 spiro atoms. The standard InChI is InChI=1S/C9H7N3.C2H6/c1-7-8(5-10)6-11-12-4-2-3-9(7)12;1-2/h2-4,6H,1H3;1-2H3. The monoisotopic (exact) mass is 187 g/mol. The lowest BCUT2D eigenvalue weighted by molar-refractivity contribution is 0.929. The average molecular weight is 187 g/mol. The number of aryl methyl sites for hydroxylation is 1. The topological polar surface area (TPSA) is 41.1 Å². The fourth-order valence-electron chi connectivity index (χ4n) is 1.24. The van der Waals surface area contributed by atoms with Crippen LogP contribution in [0, 0.1) is 18.3 Å². The van der Waals surface area contributed by atoms with Crippen molar-refractivity contribution in [2.45, 2.75) is 20.8 Å². The van der Waals surface area contributed by atoms with Gasteiger partial charge < -0.3 is 0 Å². The molecule has 0 bridgehead atoms. The van der Waals surface area contributed by atoms with E-state index in [1.54, 1.807) is 10.7 Å². The minimum atomic E-state index is 0.640. The van der Waals surface area contributed by atoms with Crippen molar-refractivity contribution in [3.8, 4) is 6.07 Å². The van der Waals surface area contributed by atoms with Crippen molar-refractivity contribution in [3.63, 3.8) is 0 Å². The van der Waals surface area contributed by atoms with Gasteiger partial charge in [-0.15, -0.1) is 0 Å². The number of hydrogen-bond acceptors (Lipinski definition) is 2. The van der Waals surface area contributed by atoms with Gasteiger partial charge in [0.1, 0.15) is 6.07 Å². The number of nitriles is 1. The Labute approximate surface area is 83.6 Å². The van der Waals surface area contributed by atoms with E-state index in [1.807, 2.05) is 39.1 Å². The predicted molar refractivity (Wildman–Crippen MR) is 56.0 cm³/mol. The summed E-state index contributed by atoms with van der Waals surface area (Å²) in [6, 6.07) is 5.96. The second-order valence-electron chi connectivity index (χ2n) is 2.63. The summed E-state index contributed by atoms with van der Waals surface area (Å²) < 4.78 is 1.76. The summed E-state index contributed by atoms with van der Waals surface area (Å²) in [4.78, 5) is 0. The fourth-order valence-corrected chi connectivity index (χ4v) is 1.24. The first-order valence-electron chi connectivity index (χ1n) is 4.66. The first kappa shape index (κ1) is 10.3.